The zero-order chi connectivity index (χ0) is 17.1. The number of fused-ring (bicyclic) bond motifs is 1. The van der Waals surface area contributed by atoms with Crippen LogP contribution in [0, 0.1) is 6.92 Å². The predicted octanol–water partition coefficient (Wildman–Crippen LogP) is 1.26. The molecule has 0 radical (unpaired) electrons. The number of carboxylic acids is 1. The van der Waals surface area contributed by atoms with Gasteiger partial charge in [0.2, 0.25) is 5.91 Å². The number of nitrogens with zero attached hydrogens (tertiary/aromatic N) is 3. The normalized spacial score (nSPS) is 10.9. The van der Waals surface area contributed by atoms with E-state index < -0.39 is 5.97 Å². The molecule has 0 unspecified atom stereocenters. The van der Waals surface area contributed by atoms with Gasteiger partial charge in [-0.25, -0.2) is 4.98 Å². The van der Waals surface area contributed by atoms with Crippen LogP contribution >= 0.6 is 11.3 Å². The number of aliphatic carboxylic acids is 1. The Balaban J connectivity index is 2.27. The number of carboxylic acid groups (broad SMARTS) is 1. The molecule has 7 nitrogen and oxygen atoms in total. The molecule has 0 aromatic carbocycles. The number of amides is 1. The summed E-state index contributed by atoms with van der Waals surface area (Å²) < 4.78 is 1.34. The highest BCUT2D eigenvalue weighted by atomic mass is 32.1. The Labute approximate surface area is 137 Å². The van der Waals surface area contributed by atoms with Crippen molar-refractivity contribution in [2.75, 3.05) is 13.6 Å². The van der Waals surface area contributed by atoms with Gasteiger partial charge in [-0.3, -0.25) is 19.0 Å². The third kappa shape index (κ3) is 3.76. The van der Waals surface area contributed by atoms with Crippen LogP contribution in [-0.2, 0) is 22.6 Å². The molecule has 8 heteroatoms. The molecular weight excluding hydrogens is 318 g/mol. The summed E-state index contributed by atoms with van der Waals surface area (Å²) in [6, 6.07) is 1.82. The zero-order valence-corrected chi connectivity index (χ0v) is 14.1. The monoisotopic (exact) mass is 337 g/mol. The smallest absolute Gasteiger partial charge is 0.305 e. The Morgan fingerprint density at radius 1 is 1.43 bits per heavy atom. The number of hydrogen-bond donors (Lipinski definition) is 1. The molecule has 0 atom stereocenters. The Kier molecular flexibility index (Phi) is 5.15. The molecule has 2 rings (SSSR count). The molecule has 0 fully saturated rings. The first kappa shape index (κ1) is 17.1. The number of hydrogen-bond acceptors (Lipinski definition) is 5. The molecule has 0 aliphatic rings. The minimum Gasteiger partial charge on any atom is -0.481 e. The highest BCUT2D eigenvalue weighted by Gasteiger charge is 2.16. The average Bonchev–Trinajstić information content (AvgIpc) is 2.91. The van der Waals surface area contributed by atoms with Gasteiger partial charge < -0.3 is 10.0 Å². The van der Waals surface area contributed by atoms with Crippen molar-refractivity contribution in [1.29, 1.82) is 0 Å². The number of thiophene rings is 1. The van der Waals surface area contributed by atoms with Gasteiger partial charge in [-0.1, -0.05) is 6.92 Å². The molecular formula is C15H19N3O4S. The van der Waals surface area contributed by atoms with Crippen LogP contribution in [0.1, 0.15) is 24.0 Å². The predicted molar refractivity (Wildman–Crippen MR) is 87.9 cm³/mol. The Morgan fingerprint density at radius 3 is 2.74 bits per heavy atom. The second-order valence-corrected chi connectivity index (χ2v) is 6.41. The van der Waals surface area contributed by atoms with Gasteiger partial charge in [0.1, 0.15) is 17.2 Å². The summed E-state index contributed by atoms with van der Waals surface area (Å²) in [6.45, 7) is 3.67. The van der Waals surface area contributed by atoms with E-state index in [0.717, 1.165) is 11.3 Å². The largest absolute Gasteiger partial charge is 0.481 e. The fourth-order valence-corrected chi connectivity index (χ4v) is 3.18. The van der Waals surface area contributed by atoms with Gasteiger partial charge in [0, 0.05) is 18.5 Å². The van der Waals surface area contributed by atoms with Gasteiger partial charge >= 0.3 is 5.97 Å². The standard InChI is InChI=1S/C15H19N3O4S/c1-4-10-7-11-14(23-10)16-9(2)18(15(11)22)8-12(19)17(3)6-5-13(20)21/h7H,4-6,8H2,1-3H3,(H,20,21). The topological polar surface area (TPSA) is 92.5 Å². The van der Waals surface area contributed by atoms with E-state index in [2.05, 4.69) is 4.98 Å². The van der Waals surface area contributed by atoms with Gasteiger partial charge in [0.15, 0.2) is 0 Å². The molecule has 0 aliphatic carbocycles. The molecule has 2 aromatic rings. The van der Waals surface area contributed by atoms with Gasteiger partial charge in [-0.2, -0.15) is 0 Å². The van der Waals surface area contributed by atoms with Crippen LogP contribution in [-0.4, -0.2) is 45.0 Å². The first-order chi connectivity index (χ1) is 10.8. The molecule has 1 amide bonds. The van der Waals surface area contributed by atoms with E-state index in [9.17, 15) is 14.4 Å². The van der Waals surface area contributed by atoms with E-state index in [-0.39, 0.29) is 31.0 Å². The first-order valence-corrected chi connectivity index (χ1v) is 8.10. The lowest BCUT2D eigenvalue weighted by molar-refractivity contribution is -0.138. The highest BCUT2D eigenvalue weighted by Crippen LogP contribution is 2.21. The molecule has 0 bridgehead atoms. The lowest BCUT2D eigenvalue weighted by atomic mass is 10.3. The van der Waals surface area contributed by atoms with Crippen LogP contribution in [0.2, 0.25) is 0 Å². The van der Waals surface area contributed by atoms with Crippen molar-refractivity contribution in [2.24, 2.45) is 0 Å². The Hall–Kier alpha value is -2.22. The summed E-state index contributed by atoms with van der Waals surface area (Å²) in [7, 11) is 1.53. The number of carbonyl (C=O) groups excluding carboxylic acids is 1. The van der Waals surface area contributed by atoms with Crippen molar-refractivity contribution in [3.05, 3.63) is 27.1 Å². The Morgan fingerprint density at radius 2 is 2.13 bits per heavy atom. The van der Waals surface area contributed by atoms with Crippen molar-refractivity contribution < 1.29 is 14.7 Å². The molecule has 1 N–H and O–H groups in total. The minimum absolute atomic E-state index is 0.107. The maximum Gasteiger partial charge on any atom is 0.305 e. The van der Waals surface area contributed by atoms with Crippen molar-refractivity contribution in [3.8, 4) is 0 Å². The molecule has 2 heterocycles. The van der Waals surface area contributed by atoms with Crippen molar-refractivity contribution in [1.82, 2.24) is 14.5 Å². The molecule has 23 heavy (non-hydrogen) atoms. The molecule has 124 valence electrons. The highest BCUT2D eigenvalue weighted by molar-refractivity contribution is 7.18. The summed E-state index contributed by atoms with van der Waals surface area (Å²) in [4.78, 5) is 42.8. The molecule has 0 spiro atoms. The van der Waals surface area contributed by atoms with Gasteiger partial charge in [0.25, 0.3) is 5.56 Å². The van der Waals surface area contributed by atoms with E-state index in [0.29, 0.717) is 16.0 Å². The number of likely N-dealkylation sites (N-methyl/N-ethyl adjacent to an activating group) is 1. The maximum atomic E-state index is 12.6. The van der Waals surface area contributed by atoms with E-state index in [1.54, 1.807) is 6.92 Å². The summed E-state index contributed by atoms with van der Waals surface area (Å²) >= 11 is 1.49. The lowest BCUT2D eigenvalue weighted by Crippen LogP contribution is -2.36. The van der Waals surface area contributed by atoms with Gasteiger partial charge in [0.05, 0.1) is 11.8 Å². The first-order valence-electron chi connectivity index (χ1n) is 7.29. The Bertz CT molecular complexity index is 809. The second kappa shape index (κ2) is 6.91. The summed E-state index contributed by atoms with van der Waals surface area (Å²) in [5, 5.41) is 9.19. The molecule has 2 aromatic heterocycles. The minimum atomic E-state index is -0.966. The van der Waals surface area contributed by atoms with Crippen LogP contribution in [0.3, 0.4) is 0 Å². The van der Waals surface area contributed by atoms with E-state index in [1.807, 2.05) is 13.0 Å². The van der Waals surface area contributed by atoms with E-state index >= 15 is 0 Å². The third-order valence-corrected chi connectivity index (χ3v) is 4.79. The van der Waals surface area contributed by atoms with Gasteiger partial charge in [-0.05, 0) is 19.4 Å². The summed E-state index contributed by atoms with van der Waals surface area (Å²) in [6.07, 6.45) is 0.703. The average molecular weight is 337 g/mol. The third-order valence-electron chi connectivity index (χ3n) is 3.62. The zero-order valence-electron chi connectivity index (χ0n) is 13.3. The molecule has 0 saturated carbocycles. The maximum absolute atomic E-state index is 12.6. The summed E-state index contributed by atoms with van der Waals surface area (Å²) in [5.74, 6) is -0.804. The van der Waals surface area contributed by atoms with Crippen LogP contribution in [0.4, 0.5) is 0 Å². The van der Waals surface area contributed by atoms with Crippen LogP contribution in [0.15, 0.2) is 10.9 Å². The quantitative estimate of drug-likeness (QED) is 0.857. The van der Waals surface area contributed by atoms with Crippen molar-refractivity contribution in [2.45, 2.75) is 33.2 Å². The lowest BCUT2D eigenvalue weighted by Gasteiger charge is -2.17. The van der Waals surface area contributed by atoms with Crippen LogP contribution < -0.4 is 5.56 Å². The fraction of sp³-hybridized carbons (Fsp3) is 0.467. The number of rotatable bonds is 6. The summed E-state index contributed by atoms with van der Waals surface area (Å²) in [5.41, 5.74) is -0.233. The fourth-order valence-electron chi connectivity index (χ4n) is 2.17. The number of aromatic nitrogens is 2. The SMILES string of the molecule is CCc1cc2c(=O)n(CC(=O)N(C)CCC(=O)O)c(C)nc2s1. The van der Waals surface area contributed by atoms with Gasteiger partial charge in [-0.15, -0.1) is 11.3 Å². The van der Waals surface area contributed by atoms with Crippen molar-refractivity contribution >= 4 is 33.4 Å². The second-order valence-electron chi connectivity index (χ2n) is 5.29. The van der Waals surface area contributed by atoms with Crippen LogP contribution in [0.25, 0.3) is 10.2 Å². The number of carbonyl (C=O) groups is 2. The molecule has 0 saturated heterocycles. The van der Waals surface area contributed by atoms with Crippen molar-refractivity contribution in [3.63, 3.8) is 0 Å². The molecule has 0 aliphatic heterocycles. The van der Waals surface area contributed by atoms with E-state index in [4.69, 9.17) is 5.11 Å². The number of aryl methyl sites for hydroxylation is 2. The van der Waals surface area contributed by atoms with Crippen LogP contribution in [0.5, 0.6) is 0 Å². The van der Waals surface area contributed by atoms with E-state index in [1.165, 1.54) is 27.9 Å².